The average molecular weight is 514 g/mol. The molecule has 190 valence electrons. The molecule has 1 aliphatic rings. The van der Waals surface area contributed by atoms with Crippen molar-refractivity contribution >= 4 is 15.9 Å². The normalized spacial score (nSPS) is 17.6. The van der Waals surface area contributed by atoms with Crippen LogP contribution in [0, 0.1) is 6.92 Å². The average Bonchev–Trinajstić information content (AvgIpc) is 3.15. The number of rotatable bonds is 6. The van der Waals surface area contributed by atoms with Crippen molar-refractivity contribution in [3.8, 4) is 5.88 Å². The molecule has 2 heterocycles. The van der Waals surface area contributed by atoms with Crippen LogP contribution in [0.1, 0.15) is 34.4 Å². The SMILES string of the molecule is Cc1nn(C)c2c1/C=C(/S(C)(=O)=O)CC(NC(c1ccccc1)(c1ccccc1)c1ccccc1)CO2. The van der Waals surface area contributed by atoms with Gasteiger partial charge in [-0.2, -0.15) is 5.10 Å². The van der Waals surface area contributed by atoms with E-state index in [0.29, 0.717) is 16.3 Å². The van der Waals surface area contributed by atoms with E-state index < -0.39 is 15.4 Å². The summed E-state index contributed by atoms with van der Waals surface area (Å²) in [5.74, 6) is 0.565. The van der Waals surface area contributed by atoms with Crippen LogP contribution < -0.4 is 10.1 Å². The summed E-state index contributed by atoms with van der Waals surface area (Å²) in [4.78, 5) is 0.355. The summed E-state index contributed by atoms with van der Waals surface area (Å²) in [6.07, 6.45) is 3.26. The zero-order chi connectivity index (χ0) is 26.0. The maximum absolute atomic E-state index is 12.9. The Labute approximate surface area is 218 Å². The number of hydrogen-bond donors (Lipinski definition) is 1. The van der Waals surface area contributed by atoms with E-state index in [-0.39, 0.29) is 19.1 Å². The van der Waals surface area contributed by atoms with E-state index >= 15 is 0 Å². The smallest absolute Gasteiger partial charge is 0.219 e. The lowest BCUT2D eigenvalue weighted by molar-refractivity contribution is 0.224. The lowest BCUT2D eigenvalue weighted by Gasteiger charge is -2.40. The Morgan fingerprint density at radius 3 is 1.84 bits per heavy atom. The van der Waals surface area contributed by atoms with Gasteiger partial charge < -0.3 is 4.74 Å². The minimum Gasteiger partial charge on any atom is -0.476 e. The van der Waals surface area contributed by atoms with Crippen LogP contribution in [0.5, 0.6) is 5.88 Å². The molecule has 0 aliphatic carbocycles. The molecule has 0 saturated heterocycles. The monoisotopic (exact) mass is 513 g/mol. The van der Waals surface area contributed by atoms with E-state index in [1.807, 2.05) is 68.6 Å². The molecule has 0 fully saturated rings. The summed E-state index contributed by atoms with van der Waals surface area (Å²) in [6, 6.07) is 30.5. The molecule has 1 aliphatic heterocycles. The summed E-state index contributed by atoms with van der Waals surface area (Å²) in [6.45, 7) is 2.13. The molecule has 1 atom stereocenters. The van der Waals surface area contributed by atoms with Crippen molar-refractivity contribution in [2.24, 2.45) is 7.05 Å². The van der Waals surface area contributed by atoms with E-state index in [0.717, 1.165) is 22.4 Å². The van der Waals surface area contributed by atoms with Gasteiger partial charge in [0.15, 0.2) is 9.84 Å². The van der Waals surface area contributed by atoms with Crippen LogP contribution in [0.4, 0.5) is 0 Å². The van der Waals surface area contributed by atoms with Gasteiger partial charge in [-0.3, -0.25) is 5.32 Å². The highest BCUT2D eigenvalue weighted by Gasteiger charge is 2.39. The Balaban J connectivity index is 1.68. The third-order valence-electron chi connectivity index (χ3n) is 6.91. The Morgan fingerprint density at radius 1 is 0.892 bits per heavy atom. The van der Waals surface area contributed by atoms with Gasteiger partial charge in [0.05, 0.1) is 16.8 Å². The number of sulfone groups is 1. The van der Waals surface area contributed by atoms with Crippen LogP contribution in [0.3, 0.4) is 0 Å². The summed E-state index contributed by atoms with van der Waals surface area (Å²) < 4.78 is 33.8. The van der Waals surface area contributed by atoms with Gasteiger partial charge in [0.25, 0.3) is 0 Å². The number of nitrogens with zero attached hydrogens (tertiary/aromatic N) is 2. The first-order chi connectivity index (χ1) is 17.8. The zero-order valence-electron chi connectivity index (χ0n) is 21.3. The van der Waals surface area contributed by atoms with E-state index in [4.69, 9.17) is 4.74 Å². The van der Waals surface area contributed by atoms with E-state index in [1.165, 1.54) is 6.26 Å². The highest BCUT2D eigenvalue weighted by Crippen LogP contribution is 2.38. The zero-order valence-corrected chi connectivity index (χ0v) is 22.1. The Bertz CT molecular complexity index is 1420. The van der Waals surface area contributed by atoms with Gasteiger partial charge >= 0.3 is 0 Å². The van der Waals surface area contributed by atoms with E-state index in [9.17, 15) is 8.42 Å². The van der Waals surface area contributed by atoms with Crippen molar-refractivity contribution in [3.05, 3.63) is 124 Å². The number of nitrogens with one attached hydrogen (secondary N) is 1. The second-order valence-corrected chi connectivity index (χ2v) is 11.6. The molecular weight excluding hydrogens is 482 g/mol. The molecule has 1 aromatic heterocycles. The minimum absolute atomic E-state index is 0.271. The van der Waals surface area contributed by atoms with Crippen LogP contribution in [0.25, 0.3) is 6.08 Å². The topological polar surface area (TPSA) is 73.2 Å². The van der Waals surface area contributed by atoms with Gasteiger partial charge in [-0.25, -0.2) is 13.1 Å². The number of fused-ring (bicyclic) bond motifs is 1. The van der Waals surface area contributed by atoms with Crippen molar-refractivity contribution < 1.29 is 13.2 Å². The van der Waals surface area contributed by atoms with Gasteiger partial charge in [-0.15, -0.1) is 0 Å². The van der Waals surface area contributed by atoms with Crippen LogP contribution in [0.2, 0.25) is 0 Å². The molecular formula is C30H31N3O3S. The molecule has 6 nitrogen and oxygen atoms in total. The Morgan fingerprint density at radius 2 is 1.38 bits per heavy atom. The highest BCUT2D eigenvalue weighted by atomic mass is 32.2. The predicted octanol–water partition coefficient (Wildman–Crippen LogP) is 4.85. The van der Waals surface area contributed by atoms with Gasteiger partial charge in [0, 0.05) is 30.7 Å². The molecule has 1 N–H and O–H groups in total. The Hall–Kier alpha value is -3.68. The molecule has 1 unspecified atom stereocenters. The number of aryl methyl sites for hydroxylation is 2. The third kappa shape index (κ3) is 4.84. The number of hydrogen-bond acceptors (Lipinski definition) is 5. The van der Waals surface area contributed by atoms with Crippen molar-refractivity contribution in [2.75, 3.05) is 12.9 Å². The summed E-state index contributed by atoms with van der Waals surface area (Å²) >= 11 is 0. The van der Waals surface area contributed by atoms with Crippen molar-refractivity contribution in [1.29, 1.82) is 0 Å². The maximum atomic E-state index is 12.9. The largest absolute Gasteiger partial charge is 0.476 e. The second kappa shape index (κ2) is 10.00. The summed E-state index contributed by atoms with van der Waals surface area (Å²) in [5, 5.41) is 8.35. The first-order valence-corrected chi connectivity index (χ1v) is 14.2. The summed E-state index contributed by atoms with van der Waals surface area (Å²) in [5.41, 5.74) is 3.86. The van der Waals surface area contributed by atoms with Crippen LogP contribution in [0.15, 0.2) is 95.9 Å². The minimum atomic E-state index is -3.47. The maximum Gasteiger partial charge on any atom is 0.219 e. The summed E-state index contributed by atoms with van der Waals surface area (Å²) in [7, 11) is -1.66. The first-order valence-electron chi connectivity index (χ1n) is 12.3. The predicted molar refractivity (Wildman–Crippen MR) is 147 cm³/mol. The van der Waals surface area contributed by atoms with Crippen LogP contribution in [-0.2, 0) is 22.4 Å². The quantitative estimate of drug-likeness (QED) is 0.373. The molecule has 4 aromatic rings. The lowest BCUT2D eigenvalue weighted by atomic mass is 9.76. The fraction of sp³-hybridized carbons (Fsp3) is 0.233. The Kier molecular flexibility index (Phi) is 6.75. The van der Waals surface area contributed by atoms with Crippen LogP contribution >= 0.6 is 0 Å². The molecule has 0 saturated carbocycles. The third-order valence-corrected chi connectivity index (χ3v) is 8.14. The molecule has 0 amide bonds. The molecule has 7 heteroatoms. The number of aromatic nitrogens is 2. The van der Waals surface area contributed by atoms with Crippen molar-refractivity contribution in [3.63, 3.8) is 0 Å². The fourth-order valence-corrected chi connectivity index (χ4v) is 6.00. The molecule has 37 heavy (non-hydrogen) atoms. The molecule has 5 rings (SSSR count). The van der Waals surface area contributed by atoms with Gasteiger partial charge in [0.1, 0.15) is 6.61 Å². The standard InChI is InChI=1S/C30H31N3O3S/c1-22-28-20-27(37(3,34)35)19-26(21-36-29(28)33(2)32-22)31-30(23-13-7-4-8-14-23,24-15-9-5-10-16-24)25-17-11-6-12-18-25/h4-18,20,26,31H,19,21H2,1-3H3/b27-20+. The number of ether oxygens (including phenoxy) is 1. The fourth-order valence-electron chi connectivity index (χ4n) is 5.16. The van der Waals surface area contributed by atoms with Crippen molar-refractivity contribution in [2.45, 2.75) is 24.9 Å². The lowest BCUT2D eigenvalue weighted by Crippen LogP contribution is -2.52. The van der Waals surface area contributed by atoms with Crippen LogP contribution in [-0.4, -0.2) is 37.1 Å². The molecule has 0 bridgehead atoms. The number of benzene rings is 3. The molecule has 3 aromatic carbocycles. The molecule has 0 spiro atoms. The van der Waals surface area contributed by atoms with Crippen molar-refractivity contribution in [1.82, 2.24) is 15.1 Å². The highest BCUT2D eigenvalue weighted by molar-refractivity contribution is 7.94. The first kappa shape index (κ1) is 25.0. The van der Waals surface area contributed by atoms with Gasteiger partial charge in [0.2, 0.25) is 5.88 Å². The van der Waals surface area contributed by atoms with E-state index in [1.54, 1.807) is 10.8 Å². The van der Waals surface area contributed by atoms with E-state index in [2.05, 4.69) is 46.8 Å². The second-order valence-electron chi connectivity index (χ2n) is 9.52. The van der Waals surface area contributed by atoms with Gasteiger partial charge in [-0.1, -0.05) is 91.0 Å². The molecule has 0 radical (unpaired) electrons. The van der Waals surface area contributed by atoms with Gasteiger partial charge in [-0.05, 0) is 29.7 Å².